The van der Waals surface area contributed by atoms with E-state index in [2.05, 4.69) is 33.9 Å². The smallest absolute Gasteiger partial charge is 0.348 e. The second-order valence-electron chi connectivity index (χ2n) is 11.7. The molecule has 0 saturated carbocycles. The molecule has 4 aromatic rings. The van der Waals surface area contributed by atoms with E-state index in [4.69, 9.17) is 27.6 Å². The third-order valence-electron chi connectivity index (χ3n) is 7.81. The summed E-state index contributed by atoms with van der Waals surface area (Å²) in [6, 6.07) is 25.1. The van der Waals surface area contributed by atoms with Gasteiger partial charge >= 0.3 is 5.97 Å². The minimum atomic E-state index is -2.37. The Balaban J connectivity index is 1.95. The van der Waals surface area contributed by atoms with E-state index in [1.165, 1.54) is 11.0 Å². The van der Waals surface area contributed by atoms with Crippen molar-refractivity contribution in [1.82, 2.24) is 0 Å². The third-order valence-corrected chi connectivity index (χ3v) is 14.0. The summed E-state index contributed by atoms with van der Waals surface area (Å²) >= 11 is 13.9. The van der Waals surface area contributed by atoms with Gasteiger partial charge < -0.3 is 14.4 Å². The Morgan fingerprint density at radius 1 is 0.929 bits per heavy atom. The number of carbonyl (C=O) groups is 2. The highest BCUT2D eigenvalue weighted by Crippen LogP contribution is 2.44. The third kappa shape index (κ3) is 6.82. The fourth-order valence-corrected chi connectivity index (χ4v) is 7.29. The Labute approximate surface area is 262 Å². The molecule has 1 N–H and O–H groups in total. The zero-order valence-electron chi connectivity index (χ0n) is 24.5. The first-order valence-electron chi connectivity index (χ1n) is 13.6. The van der Waals surface area contributed by atoms with Gasteiger partial charge in [-0.05, 0) is 60.4 Å². The van der Waals surface area contributed by atoms with Crippen molar-refractivity contribution in [2.45, 2.75) is 58.0 Å². The molecular weight excluding hydrogens is 605 g/mol. The van der Waals surface area contributed by atoms with Crippen LogP contribution < -0.4 is 4.90 Å². The molecule has 0 radical (unpaired) electrons. The van der Waals surface area contributed by atoms with Crippen LogP contribution >= 0.6 is 34.5 Å². The summed E-state index contributed by atoms with van der Waals surface area (Å²) in [7, 11) is -2.37. The summed E-state index contributed by atoms with van der Waals surface area (Å²) in [5.74, 6) is -1.56. The number of rotatable bonds is 9. The molecule has 2 unspecified atom stereocenters. The molecule has 4 rings (SSSR count). The van der Waals surface area contributed by atoms with E-state index in [9.17, 15) is 14.7 Å². The van der Waals surface area contributed by atoms with Crippen LogP contribution in [0.3, 0.4) is 0 Å². The standard InChI is InChI=1S/C33H35Cl2NO4SSi/c1-21(29(23-15-11-8-12-16-23)40-42(5,6)33(2,3)4)36(31(37)25-18-17-24(34)19-26(25)35)27-20-28(41-30(27)32(38)39)22-13-9-7-10-14-22/h7-21,29H,1-6H3,(H,38,39). The van der Waals surface area contributed by atoms with E-state index in [0.717, 1.165) is 27.3 Å². The number of hydrogen-bond acceptors (Lipinski definition) is 4. The first-order chi connectivity index (χ1) is 19.7. The van der Waals surface area contributed by atoms with Crippen molar-refractivity contribution in [1.29, 1.82) is 0 Å². The molecule has 0 bridgehead atoms. The number of hydrogen-bond donors (Lipinski definition) is 1. The maximum absolute atomic E-state index is 14.5. The summed E-state index contributed by atoms with van der Waals surface area (Å²) in [5.41, 5.74) is 2.26. The van der Waals surface area contributed by atoms with Crippen molar-refractivity contribution < 1.29 is 19.1 Å². The molecule has 0 fully saturated rings. The van der Waals surface area contributed by atoms with Crippen molar-refractivity contribution in [3.63, 3.8) is 0 Å². The number of carboxylic acids is 1. The van der Waals surface area contributed by atoms with E-state index in [1.54, 1.807) is 18.2 Å². The Kier molecular flexibility index (Phi) is 9.70. The van der Waals surface area contributed by atoms with Crippen molar-refractivity contribution in [2.24, 2.45) is 0 Å². The van der Waals surface area contributed by atoms with E-state index in [1.807, 2.05) is 67.6 Å². The van der Waals surface area contributed by atoms with Gasteiger partial charge in [0.2, 0.25) is 0 Å². The van der Waals surface area contributed by atoms with Crippen LogP contribution in [-0.2, 0) is 4.43 Å². The van der Waals surface area contributed by atoms with Gasteiger partial charge in [0.05, 0.1) is 28.4 Å². The molecule has 0 saturated heterocycles. The second-order valence-corrected chi connectivity index (χ2v) is 18.4. The lowest BCUT2D eigenvalue weighted by Crippen LogP contribution is -2.49. The van der Waals surface area contributed by atoms with Crippen LogP contribution in [0.5, 0.6) is 0 Å². The molecule has 220 valence electrons. The Morgan fingerprint density at radius 2 is 1.52 bits per heavy atom. The summed E-state index contributed by atoms with van der Waals surface area (Å²) in [6.45, 7) is 12.7. The number of carboxylic acid groups (broad SMARTS) is 1. The van der Waals surface area contributed by atoms with Gasteiger partial charge in [-0.3, -0.25) is 4.79 Å². The number of nitrogens with zero attached hydrogens (tertiary/aromatic N) is 1. The summed E-state index contributed by atoms with van der Waals surface area (Å²) < 4.78 is 7.03. The van der Waals surface area contributed by atoms with Crippen molar-refractivity contribution in [2.75, 3.05) is 4.90 Å². The minimum Gasteiger partial charge on any atom is -0.477 e. The number of halogens is 2. The number of benzene rings is 3. The topological polar surface area (TPSA) is 66.8 Å². The van der Waals surface area contributed by atoms with Gasteiger partial charge in [0.25, 0.3) is 5.91 Å². The summed E-state index contributed by atoms with van der Waals surface area (Å²) in [6.07, 6.45) is -0.552. The highest BCUT2D eigenvalue weighted by atomic mass is 35.5. The second kappa shape index (κ2) is 12.7. The lowest BCUT2D eigenvalue weighted by Gasteiger charge is -2.43. The zero-order chi connectivity index (χ0) is 30.8. The lowest BCUT2D eigenvalue weighted by molar-refractivity contribution is 0.0702. The molecule has 0 aliphatic rings. The molecule has 2 atom stereocenters. The van der Waals surface area contributed by atoms with E-state index >= 15 is 0 Å². The predicted molar refractivity (Wildman–Crippen MR) is 177 cm³/mol. The van der Waals surface area contributed by atoms with Crippen LogP contribution in [0.15, 0.2) is 84.9 Å². The molecule has 0 aliphatic carbocycles. The van der Waals surface area contributed by atoms with Crippen LogP contribution in [-0.4, -0.2) is 31.3 Å². The van der Waals surface area contributed by atoms with E-state index in [-0.39, 0.29) is 26.2 Å². The predicted octanol–water partition coefficient (Wildman–Crippen LogP) is 10.2. The monoisotopic (exact) mass is 639 g/mol. The number of thiophene rings is 1. The SMILES string of the molecule is CC(C(O[Si](C)(C)C(C)(C)C)c1ccccc1)N(C(=O)c1ccc(Cl)cc1Cl)c1cc(-c2ccccc2)sc1C(=O)O. The molecule has 42 heavy (non-hydrogen) atoms. The van der Waals surface area contributed by atoms with Crippen LogP contribution in [0.2, 0.25) is 28.2 Å². The minimum absolute atomic E-state index is 0.0540. The average Bonchev–Trinajstić information content (AvgIpc) is 3.37. The van der Waals surface area contributed by atoms with E-state index in [0.29, 0.717) is 5.02 Å². The van der Waals surface area contributed by atoms with E-state index < -0.39 is 32.3 Å². The molecule has 1 aromatic heterocycles. The molecule has 5 nitrogen and oxygen atoms in total. The number of anilines is 1. The number of amides is 1. The molecule has 3 aromatic carbocycles. The number of carbonyl (C=O) groups excluding carboxylic acids is 1. The van der Waals surface area contributed by atoms with Gasteiger partial charge in [-0.15, -0.1) is 11.3 Å². The molecule has 1 amide bonds. The molecule has 1 heterocycles. The first kappa shape index (κ1) is 32.0. The largest absolute Gasteiger partial charge is 0.477 e. The highest BCUT2D eigenvalue weighted by Gasteiger charge is 2.43. The fraction of sp³-hybridized carbons (Fsp3) is 0.273. The Bertz CT molecular complexity index is 1570. The van der Waals surface area contributed by atoms with Gasteiger partial charge in [-0.2, -0.15) is 0 Å². The van der Waals surface area contributed by atoms with Gasteiger partial charge in [0.15, 0.2) is 8.32 Å². The fourth-order valence-electron chi connectivity index (χ4n) is 4.48. The van der Waals surface area contributed by atoms with Crippen molar-refractivity contribution >= 4 is 60.4 Å². The highest BCUT2D eigenvalue weighted by molar-refractivity contribution is 7.18. The zero-order valence-corrected chi connectivity index (χ0v) is 27.8. The maximum Gasteiger partial charge on any atom is 0.348 e. The van der Waals surface area contributed by atoms with Crippen LogP contribution in [0.4, 0.5) is 5.69 Å². The van der Waals surface area contributed by atoms with Gasteiger partial charge in [-0.25, -0.2) is 4.79 Å². The van der Waals surface area contributed by atoms with Crippen LogP contribution in [0.25, 0.3) is 10.4 Å². The molecule has 0 aliphatic heterocycles. The first-order valence-corrected chi connectivity index (χ1v) is 18.1. The summed E-state index contributed by atoms with van der Waals surface area (Å²) in [4.78, 5) is 29.5. The lowest BCUT2D eigenvalue weighted by atomic mass is 10.0. The van der Waals surface area contributed by atoms with Crippen LogP contribution in [0.1, 0.15) is 59.4 Å². The quantitative estimate of drug-likeness (QED) is 0.185. The molecule has 9 heteroatoms. The van der Waals surface area contributed by atoms with Gasteiger partial charge in [0, 0.05) is 9.90 Å². The average molecular weight is 641 g/mol. The Hall–Kier alpha value is -2.94. The normalized spacial score (nSPS) is 13.4. The van der Waals surface area contributed by atoms with Gasteiger partial charge in [-0.1, -0.05) is 105 Å². The van der Waals surface area contributed by atoms with Crippen molar-refractivity contribution in [3.8, 4) is 10.4 Å². The molecular formula is C33H35Cl2NO4SSi. The Morgan fingerprint density at radius 3 is 2.07 bits per heavy atom. The van der Waals surface area contributed by atoms with Crippen molar-refractivity contribution in [3.05, 3.63) is 111 Å². The van der Waals surface area contributed by atoms with Crippen LogP contribution in [0, 0.1) is 0 Å². The summed E-state index contributed by atoms with van der Waals surface area (Å²) in [5, 5.41) is 10.8. The molecule has 0 spiro atoms. The number of aromatic carboxylic acids is 1. The maximum atomic E-state index is 14.5. The van der Waals surface area contributed by atoms with Gasteiger partial charge in [0.1, 0.15) is 4.88 Å².